The van der Waals surface area contributed by atoms with Gasteiger partial charge in [0.05, 0.1) is 5.56 Å². The van der Waals surface area contributed by atoms with Crippen molar-refractivity contribution >= 4 is 22.6 Å². The molecule has 0 aliphatic heterocycles. The Morgan fingerprint density at radius 3 is 2.00 bits per heavy atom. The van der Waals surface area contributed by atoms with Crippen LogP contribution in [0, 0.1) is 0 Å². The van der Waals surface area contributed by atoms with Crippen LogP contribution in [0.5, 0.6) is 0 Å². The molecule has 1 heterocycles. The highest BCUT2D eigenvalue weighted by molar-refractivity contribution is 6.05. The number of rotatable bonds is 3. The number of amides is 2. The van der Waals surface area contributed by atoms with Crippen LogP contribution in [0.1, 0.15) is 20.7 Å². The lowest BCUT2D eigenvalue weighted by atomic mass is 10.1. The molecule has 6 nitrogen and oxygen atoms in total. The van der Waals surface area contributed by atoms with E-state index in [0.29, 0.717) is 22.0 Å². The predicted octanol–water partition coefficient (Wildman–Crippen LogP) is 1.19. The molecule has 0 unspecified atom stereocenters. The van der Waals surface area contributed by atoms with Gasteiger partial charge in [0.25, 0.3) is 11.5 Å². The monoisotopic (exact) mass is 307 g/mol. The minimum Gasteiger partial charge on any atom is -0.366 e. The van der Waals surface area contributed by atoms with Crippen molar-refractivity contribution in [1.82, 2.24) is 4.57 Å². The van der Waals surface area contributed by atoms with Gasteiger partial charge in [0, 0.05) is 28.2 Å². The van der Waals surface area contributed by atoms with E-state index in [4.69, 9.17) is 11.5 Å². The van der Waals surface area contributed by atoms with E-state index < -0.39 is 11.8 Å². The van der Waals surface area contributed by atoms with Crippen LogP contribution >= 0.6 is 0 Å². The van der Waals surface area contributed by atoms with Gasteiger partial charge in [-0.25, -0.2) is 0 Å². The Labute approximate surface area is 130 Å². The van der Waals surface area contributed by atoms with Crippen LogP contribution in [-0.4, -0.2) is 16.4 Å². The molecule has 114 valence electrons. The standard InChI is InChI=1S/C17H13N3O3/c18-15(21)10-5-7-11(8-6-10)20-9-14(16(19)22)12-3-1-2-4-13(12)17(20)23/h1-9H,(H2,18,21)(H2,19,22). The average molecular weight is 307 g/mol. The Hall–Kier alpha value is -3.41. The second-order valence-corrected chi connectivity index (χ2v) is 5.04. The van der Waals surface area contributed by atoms with E-state index in [0.717, 1.165) is 0 Å². The maximum absolute atomic E-state index is 12.6. The minimum absolute atomic E-state index is 0.249. The van der Waals surface area contributed by atoms with Crippen LogP contribution in [0.15, 0.2) is 59.5 Å². The van der Waals surface area contributed by atoms with Crippen molar-refractivity contribution in [2.45, 2.75) is 0 Å². The van der Waals surface area contributed by atoms with Gasteiger partial charge in [-0.2, -0.15) is 0 Å². The normalized spacial score (nSPS) is 10.6. The van der Waals surface area contributed by atoms with Gasteiger partial charge in [-0.05, 0) is 30.3 Å². The Bertz CT molecular complexity index is 988. The average Bonchev–Trinajstić information content (AvgIpc) is 2.55. The van der Waals surface area contributed by atoms with E-state index >= 15 is 0 Å². The minimum atomic E-state index is -0.622. The lowest BCUT2D eigenvalue weighted by molar-refractivity contribution is 0.0992. The zero-order valence-electron chi connectivity index (χ0n) is 12.0. The summed E-state index contributed by atoms with van der Waals surface area (Å²) in [6, 6.07) is 13.0. The summed E-state index contributed by atoms with van der Waals surface area (Å²) < 4.78 is 1.33. The number of hydrogen-bond acceptors (Lipinski definition) is 3. The molecule has 0 aliphatic rings. The second kappa shape index (κ2) is 5.42. The van der Waals surface area contributed by atoms with E-state index in [-0.39, 0.29) is 11.1 Å². The maximum atomic E-state index is 12.6. The molecular formula is C17H13N3O3. The fourth-order valence-electron chi connectivity index (χ4n) is 2.47. The number of benzene rings is 2. The first-order valence-corrected chi connectivity index (χ1v) is 6.83. The van der Waals surface area contributed by atoms with E-state index in [1.165, 1.54) is 22.9 Å². The van der Waals surface area contributed by atoms with Crippen molar-refractivity contribution in [3.05, 3.63) is 76.2 Å². The molecular weight excluding hydrogens is 294 g/mol. The van der Waals surface area contributed by atoms with Gasteiger partial charge in [-0.1, -0.05) is 18.2 Å². The first kappa shape index (κ1) is 14.5. The summed E-state index contributed by atoms with van der Waals surface area (Å²) in [7, 11) is 0. The highest BCUT2D eigenvalue weighted by Gasteiger charge is 2.13. The summed E-state index contributed by atoms with van der Waals surface area (Å²) in [6.45, 7) is 0. The quantitative estimate of drug-likeness (QED) is 0.758. The summed E-state index contributed by atoms with van der Waals surface area (Å²) in [5.74, 6) is -1.18. The third-order valence-electron chi connectivity index (χ3n) is 3.62. The maximum Gasteiger partial charge on any atom is 0.262 e. The van der Waals surface area contributed by atoms with Crippen LogP contribution in [0.3, 0.4) is 0 Å². The van der Waals surface area contributed by atoms with Gasteiger partial charge < -0.3 is 11.5 Å². The van der Waals surface area contributed by atoms with Gasteiger partial charge >= 0.3 is 0 Å². The molecule has 6 heteroatoms. The summed E-state index contributed by atoms with van der Waals surface area (Å²) in [4.78, 5) is 35.5. The summed E-state index contributed by atoms with van der Waals surface area (Å²) in [6.07, 6.45) is 1.41. The van der Waals surface area contributed by atoms with E-state index in [2.05, 4.69) is 0 Å². The van der Waals surface area contributed by atoms with Gasteiger partial charge in [0.15, 0.2) is 0 Å². The molecule has 0 atom stereocenters. The summed E-state index contributed by atoms with van der Waals surface area (Å²) in [5.41, 5.74) is 11.4. The topological polar surface area (TPSA) is 108 Å². The Kier molecular flexibility index (Phi) is 3.42. The lowest BCUT2D eigenvalue weighted by Gasteiger charge is -2.11. The SMILES string of the molecule is NC(=O)c1ccc(-n2cc(C(N)=O)c3ccccc3c2=O)cc1. The van der Waals surface area contributed by atoms with Crippen molar-refractivity contribution in [3.63, 3.8) is 0 Å². The summed E-state index contributed by atoms with van der Waals surface area (Å²) in [5, 5.41) is 0.901. The number of carbonyl (C=O) groups excluding carboxylic acids is 2. The zero-order chi connectivity index (χ0) is 16.6. The van der Waals surface area contributed by atoms with E-state index in [9.17, 15) is 14.4 Å². The van der Waals surface area contributed by atoms with Crippen LogP contribution in [-0.2, 0) is 0 Å². The molecule has 3 aromatic rings. The zero-order valence-corrected chi connectivity index (χ0v) is 12.0. The van der Waals surface area contributed by atoms with Crippen LogP contribution in [0.4, 0.5) is 0 Å². The fraction of sp³-hybridized carbons (Fsp3) is 0. The van der Waals surface area contributed by atoms with E-state index in [1.807, 2.05) is 0 Å². The first-order chi connectivity index (χ1) is 11.0. The van der Waals surface area contributed by atoms with Crippen molar-refractivity contribution in [2.24, 2.45) is 11.5 Å². The molecule has 0 saturated heterocycles. The third-order valence-corrected chi connectivity index (χ3v) is 3.62. The number of aromatic nitrogens is 1. The highest BCUT2D eigenvalue weighted by Crippen LogP contribution is 2.17. The van der Waals surface area contributed by atoms with Crippen LogP contribution in [0.25, 0.3) is 16.5 Å². The third kappa shape index (κ3) is 2.46. The molecule has 3 rings (SSSR count). The molecule has 2 aromatic carbocycles. The fourth-order valence-corrected chi connectivity index (χ4v) is 2.47. The number of pyridine rings is 1. The van der Waals surface area contributed by atoms with Gasteiger partial charge in [-0.15, -0.1) is 0 Å². The first-order valence-electron chi connectivity index (χ1n) is 6.83. The van der Waals surface area contributed by atoms with Gasteiger partial charge in [-0.3, -0.25) is 19.0 Å². The highest BCUT2D eigenvalue weighted by atomic mass is 16.1. The number of nitrogens with two attached hydrogens (primary N) is 2. The van der Waals surface area contributed by atoms with Crippen molar-refractivity contribution < 1.29 is 9.59 Å². The number of fused-ring (bicyclic) bond motifs is 1. The van der Waals surface area contributed by atoms with Crippen LogP contribution in [0.2, 0.25) is 0 Å². The van der Waals surface area contributed by atoms with Crippen molar-refractivity contribution in [3.8, 4) is 5.69 Å². The van der Waals surface area contributed by atoms with Crippen molar-refractivity contribution in [1.29, 1.82) is 0 Å². The van der Waals surface area contributed by atoms with Crippen molar-refractivity contribution in [2.75, 3.05) is 0 Å². The van der Waals surface area contributed by atoms with Gasteiger partial charge in [0.2, 0.25) is 5.91 Å². The molecule has 0 saturated carbocycles. The number of nitrogens with zero attached hydrogens (tertiary/aromatic N) is 1. The Morgan fingerprint density at radius 1 is 0.826 bits per heavy atom. The van der Waals surface area contributed by atoms with Gasteiger partial charge in [0.1, 0.15) is 0 Å². The molecule has 0 bridgehead atoms. The smallest absolute Gasteiger partial charge is 0.262 e. The second-order valence-electron chi connectivity index (χ2n) is 5.04. The largest absolute Gasteiger partial charge is 0.366 e. The molecule has 23 heavy (non-hydrogen) atoms. The summed E-state index contributed by atoms with van der Waals surface area (Å²) >= 11 is 0. The van der Waals surface area contributed by atoms with Crippen LogP contribution < -0.4 is 17.0 Å². The molecule has 0 spiro atoms. The Morgan fingerprint density at radius 2 is 1.43 bits per heavy atom. The molecule has 1 aromatic heterocycles. The number of primary amides is 2. The number of hydrogen-bond donors (Lipinski definition) is 2. The molecule has 4 N–H and O–H groups in total. The Balaban J connectivity index is 2.29. The number of carbonyl (C=O) groups is 2. The predicted molar refractivity (Wildman–Crippen MR) is 86.6 cm³/mol. The molecule has 0 radical (unpaired) electrons. The molecule has 0 aliphatic carbocycles. The van der Waals surface area contributed by atoms with E-state index in [1.54, 1.807) is 36.4 Å². The molecule has 0 fully saturated rings. The lowest BCUT2D eigenvalue weighted by Crippen LogP contribution is -2.23. The molecule has 2 amide bonds.